The van der Waals surface area contributed by atoms with E-state index in [-0.39, 0.29) is 13.2 Å². The normalized spacial score (nSPS) is 10.8. The summed E-state index contributed by atoms with van der Waals surface area (Å²) in [4.78, 5) is 25.4. The smallest absolute Gasteiger partial charge is 0.408 e. The summed E-state index contributed by atoms with van der Waals surface area (Å²) in [6, 6.07) is 8.00. The molecule has 20 heavy (non-hydrogen) atoms. The minimum atomic E-state index is -1.07. The molecule has 0 aromatic heterocycles. The SMILES string of the molecule is COC(=O)C(CN=[N+]=[N-])NC(=O)OCc1ccccc1. The van der Waals surface area contributed by atoms with E-state index in [2.05, 4.69) is 20.1 Å². The second-order valence-corrected chi connectivity index (χ2v) is 3.70. The second-order valence-electron chi connectivity index (χ2n) is 3.70. The highest BCUT2D eigenvalue weighted by Gasteiger charge is 2.21. The Morgan fingerprint density at radius 1 is 1.40 bits per heavy atom. The van der Waals surface area contributed by atoms with Crippen molar-refractivity contribution in [2.75, 3.05) is 13.7 Å². The predicted molar refractivity (Wildman–Crippen MR) is 69.6 cm³/mol. The zero-order valence-electron chi connectivity index (χ0n) is 10.9. The minimum absolute atomic E-state index is 0.0715. The van der Waals surface area contributed by atoms with Crippen LogP contribution in [-0.4, -0.2) is 31.8 Å². The molecule has 0 saturated heterocycles. The summed E-state index contributed by atoms with van der Waals surface area (Å²) in [5.41, 5.74) is 9.03. The predicted octanol–water partition coefficient (Wildman–Crippen LogP) is 1.76. The molecule has 0 fully saturated rings. The topological polar surface area (TPSA) is 113 Å². The van der Waals surface area contributed by atoms with Gasteiger partial charge in [-0.05, 0) is 11.1 Å². The highest BCUT2D eigenvalue weighted by atomic mass is 16.6. The molecule has 0 aliphatic heterocycles. The molecule has 0 saturated carbocycles. The van der Waals surface area contributed by atoms with Crippen molar-refractivity contribution in [2.24, 2.45) is 5.11 Å². The lowest BCUT2D eigenvalue weighted by Crippen LogP contribution is -2.43. The summed E-state index contributed by atoms with van der Waals surface area (Å²) in [6.07, 6.45) is -0.794. The van der Waals surface area contributed by atoms with Gasteiger partial charge in [0.05, 0.1) is 13.7 Å². The van der Waals surface area contributed by atoms with E-state index >= 15 is 0 Å². The van der Waals surface area contributed by atoms with Gasteiger partial charge in [-0.15, -0.1) is 0 Å². The highest BCUT2D eigenvalue weighted by molar-refractivity contribution is 5.81. The summed E-state index contributed by atoms with van der Waals surface area (Å²) < 4.78 is 9.42. The number of esters is 1. The summed E-state index contributed by atoms with van der Waals surface area (Å²) in [6.45, 7) is -0.175. The lowest BCUT2D eigenvalue weighted by molar-refractivity contribution is -0.142. The average molecular weight is 278 g/mol. The van der Waals surface area contributed by atoms with E-state index in [1.807, 2.05) is 18.2 Å². The Morgan fingerprint density at radius 3 is 2.70 bits per heavy atom. The molecule has 0 aliphatic rings. The van der Waals surface area contributed by atoms with Crippen LogP contribution in [0.15, 0.2) is 35.4 Å². The summed E-state index contributed by atoms with van der Waals surface area (Å²) in [7, 11) is 1.17. The van der Waals surface area contributed by atoms with Crippen LogP contribution in [0.2, 0.25) is 0 Å². The molecule has 1 amide bonds. The number of rotatable bonds is 6. The summed E-state index contributed by atoms with van der Waals surface area (Å²) >= 11 is 0. The first kappa shape index (κ1) is 15.3. The number of benzene rings is 1. The quantitative estimate of drug-likeness (QED) is 0.369. The fraction of sp³-hybridized carbons (Fsp3) is 0.333. The maximum absolute atomic E-state index is 11.5. The number of nitrogens with zero attached hydrogens (tertiary/aromatic N) is 3. The Bertz CT molecular complexity index is 499. The number of hydrogen-bond donors (Lipinski definition) is 1. The van der Waals surface area contributed by atoms with E-state index in [0.717, 1.165) is 5.56 Å². The number of alkyl carbamates (subject to hydrolysis) is 1. The Labute approximate surface area is 115 Å². The van der Waals surface area contributed by atoms with Gasteiger partial charge in [0.25, 0.3) is 0 Å². The van der Waals surface area contributed by atoms with Crippen LogP contribution in [0.3, 0.4) is 0 Å². The van der Waals surface area contributed by atoms with Crippen molar-refractivity contribution in [3.05, 3.63) is 46.3 Å². The molecule has 106 valence electrons. The zero-order valence-corrected chi connectivity index (χ0v) is 10.9. The molecular weight excluding hydrogens is 264 g/mol. The summed E-state index contributed by atoms with van der Waals surface area (Å²) in [5.74, 6) is -0.714. The Morgan fingerprint density at radius 2 is 2.10 bits per heavy atom. The van der Waals surface area contributed by atoms with E-state index < -0.39 is 18.1 Å². The van der Waals surface area contributed by atoms with Gasteiger partial charge in [0.2, 0.25) is 0 Å². The van der Waals surface area contributed by atoms with E-state index in [1.165, 1.54) is 7.11 Å². The molecule has 1 N–H and O–H groups in total. The third kappa shape index (κ3) is 5.28. The van der Waals surface area contributed by atoms with Crippen molar-refractivity contribution in [1.82, 2.24) is 5.32 Å². The van der Waals surface area contributed by atoms with Crippen LogP contribution in [0, 0.1) is 0 Å². The lowest BCUT2D eigenvalue weighted by Gasteiger charge is -2.14. The molecular formula is C12H14N4O4. The largest absolute Gasteiger partial charge is 0.467 e. The first-order valence-corrected chi connectivity index (χ1v) is 5.73. The van der Waals surface area contributed by atoms with Gasteiger partial charge in [0.15, 0.2) is 0 Å². The van der Waals surface area contributed by atoms with Gasteiger partial charge in [-0.25, -0.2) is 9.59 Å². The molecule has 1 aromatic carbocycles. The third-order valence-electron chi connectivity index (χ3n) is 2.32. The fourth-order valence-electron chi connectivity index (χ4n) is 1.35. The molecule has 1 atom stereocenters. The number of nitrogens with one attached hydrogen (secondary N) is 1. The zero-order chi connectivity index (χ0) is 14.8. The number of azide groups is 1. The molecule has 8 nitrogen and oxygen atoms in total. The van der Waals surface area contributed by atoms with Gasteiger partial charge in [-0.1, -0.05) is 35.4 Å². The fourth-order valence-corrected chi connectivity index (χ4v) is 1.35. The Kier molecular flexibility index (Phi) is 6.43. The molecule has 1 unspecified atom stereocenters. The highest BCUT2D eigenvalue weighted by Crippen LogP contribution is 2.01. The Balaban J connectivity index is 2.49. The number of hydrogen-bond acceptors (Lipinski definition) is 5. The van der Waals surface area contributed by atoms with Gasteiger partial charge < -0.3 is 14.8 Å². The van der Waals surface area contributed by atoms with Gasteiger partial charge in [-0.2, -0.15) is 0 Å². The van der Waals surface area contributed by atoms with Crippen molar-refractivity contribution in [2.45, 2.75) is 12.6 Å². The first-order chi connectivity index (χ1) is 9.67. The van der Waals surface area contributed by atoms with Crippen LogP contribution in [0.25, 0.3) is 10.4 Å². The van der Waals surface area contributed by atoms with Gasteiger partial charge >= 0.3 is 12.1 Å². The monoisotopic (exact) mass is 278 g/mol. The van der Waals surface area contributed by atoms with E-state index in [1.54, 1.807) is 12.1 Å². The number of carbonyl (C=O) groups excluding carboxylic acids is 2. The Hall–Kier alpha value is -2.73. The summed E-state index contributed by atoms with van der Waals surface area (Å²) in [5, 5.41) is 5.49. The lowest BCUT2D eigenvalue weighted by atomic mass is 10.2. The first-order valence-electron chi connectivity index (χ1n) is 5.73. The molecule has 0 spiro atoms. The molecule has 1 aromatic rings. The number of methoxy groups -OCH3 is 1. The van der Waals surface area contributed by atoms with Crippen LogP contribution in [0.1, 0.15) is 5.56 Å². The van der Waals surface area contributed by atoms with Crippen LogP contribution >= 0.6 is 0 Å². The maximum Gasteiger partial charge on any atom is 0.408 e. The van der Waals surface area contributed by atoms with Crippen LogP contribution in [-0.2, 0) is 20.9 Å². The third-order valence-corrected chi connectivity index (χ3v) is 2.32. The van der Waals surface area contributed by atoms with Gasteiger partial charge in [0.1, 0.15) is 12.6 Å². The standard InChI is InChI=1S/C12H14N4O4/c1-19-11(17)10(7-14-16-13)15-12(18)20-8-9-5-3-2-4-6-9/h2-6,10H,7-8H2,1H3,(H,15,18). The minimum Gasteiger partial charge on any atom is -0.467 e. The van der Waals surface area contributed by atoms with Crippen molar-refractivity contribution in [1.29, 1.82) is 0 Å². The molecule has 0 heterocycles. The van der Waals surface area contributed by atoms with Gasteiger partial charge in [-0.3, -0.25) is 0 Å². The molecule has 8 heteroatoms. The maximum atomic E-state index is 11.5. The average Bonchev–Trinajstić information content (AvgIpc) is 2.49. The van der Waals surface area contributed by atoms with Gasteiger partial charge in [0, 0.05) is 4.91 Å². The van der Waals surface area contributed by atoms with E-state index in [9.17, 15) is 9.59 Å². The van der Waals surface area contributed by atoms with Crippen molar-refractivity contribution in [3.63, 3.8) is 0 Å². The van der Waals surface area contributed by atoms with Crippen molar-refractivity contribution >= 4 is 12.1 Å². The van der Waals surface area contributed by atoms with Crippen LogP contribution in [0.5, 0.6) is 0 Å². The molecule has 0 radical (unpaired) electrons. The van der Waals surface area contributed by atoms with Crippen molar-refractivity contribution < 1.29 is 19.1 Å². The number of amides is 1. The molecule has 0 bridgehead atoms. The van der Waals surface area contributed by atoms with Crippen molar-refractivity contribution in [3.8, 4) is 0 Å². The number of ether oxygens (including phenoxy) is 2. The molecule has 0 aliphatic carbocycles. The molecule has 1 rings (SSSR count). The van der Waals surface area contributed by atoms with Crippen LogP contribution in [0.4, 0.5) is 4.79 Å². The van der Waals surface area contributed by atoms with Crippen LogP contribution < -0.4 is 5.32 Å². The van der Waals surface area contributed by atoms with E-state index in [4.69, 9.17) is 10.3 Å². The second kappa shape index (κ2) is 8.39. The van der Waals surface area contributed by atoms with E-state index in [0.29, 0.717) is 0 Å². The number of carbonyl (C=O) groups is 2.